The molecule has 0 unspecified atom stereocenters. The molecule has 6 rings (SSSR count). The van der Waals surface area contributed by atoms with Gasteiger partial charge in [0.1, 0.15) is 29.6 Å². The van der Waals surface area contributed by atoms with Crippen LogP contribution in [-0.4, -0.2) is 51.6 Å². The van der Waals surface area contributed by atoms with E-state index in [4.69, 9.17) is 9.72 Å². The van der Waals surface area contributed by atoms with Gasteiger partial charge in [0.05, 0.1) is 17.8 Å². The first kappa shape index (κ1) is 17.7. The molecule has 3 aromatic rings. The van der Waals surface area contributed by atoms with Gasteiger partial charge in [0.2, 0.25) is 0 Å². The van der Waals surface area contributed by atoms with E-state index in [1.807, 2.05) is 24.2 Å². The van der Waals surface area contributed by atoms with Crippen molar-refractivity contribution in [1.82, 2.24) is 19.5 Å². The maximum Gasteiger partial charge on any atom is 0.259 e. The lowest BCUT2D eigenvalue weighted by molar-refractivity contribution is 0.0692. The van der Waals surface area contributed by atoms with Gasteiger partial charge in [-0.05, 0) is 49.9 Å². The Morgan fingerprint density at radius 3 is 2.97 bits per heavy atom. The van der Waals surface area contributed by atoms with Crippen LogP contribution in [-0.2, 0) is 5.54 Å². The topological polar surface area (TPSA) is 63.0 Å². The second-order valence-electron chi connectivity index (χ2n) is 8.45. The fraction of sp³-hybridized carbons (Fsp3) is 0.409. The molecule has 7 nitrogen and oxygen atoms in total. The van der Waals surface area contributed by atoms with Gasteiger partial charge in [-0.25, -0.2) is 13.9 Å². The lowest BCUT2D eigenvalue weighted by Gasteiger charge is -2.31. The molecule has 1 saturated carbocycles. The number of aromatic nitrogens is 3. The second kappa shape index (κ2) is 6.17. The van der Waals surface area contributed by atoms with Crippen LogP contribution in [0.15, 0.2) is 36.7 Å². The summed E-state index contributed by atoms with van der Waals surface area (Å²) in [6.07, 6.45) is 7.01. The van der Waals surface area contributed by atoms with Crippen molar-refractivity contribution in [2.24, 2.45) is 0 Å². The van der Waals surface area contributed by atoms with Gasteiger partial charge < -0.3 is 14.5 Å². The van der Waals surface area contributed by atoms with Crippen LogP contribution >= 0.6 is 0 Å². The highest BCUT2D eigenvalue weighted by Gasteiger charge is 2.51. The summed E-state index contributed by atoms with van der Waals surface area (Å²) in [5.74, 6) is 1.06. The van der Waals surface area contributed by atoms with E-state index in [9.17, 15) is 9.18 Å². The average molecular weight is 407 g/mol. The molecular weight excluding hydrogens is 385 g/mol. The number of nitrogens with zero attached hydrogens (tertiary/aromatic N) is 5. The zero-order valence-corrected chi connectivity index (χ0v) is 16.7. The minimum Gasteiger partial charge on any atom is -0.491 e. The maximum atomic E-state index is 14.2. The number of fused-ring (bicyclic) bond motifs is 4. The Morgan fingerprint density at radius 1 is 1.27 bits per heavy atom. The van der Waals surface area contributed by atoms with Crippen molar-refractivity contribution in [3.8, 4) is 5.75 Å². The molecule has 8 heteroatoms. The van der Waals surface area contributed by atoms with Crippen molar-refractivity contribution < 1.29 is 13.9 Å². The molecule has 3 aliphatic rings. The van der Waals surface area contributed by atoms with Crippen LogP contribution < -0.4 is 9.64 Å². The second-order valence-corrected chi connectivity index (χ2v) is 8.45. The van der Waals surface area contributed by atoms with Crippen LogP contribution in [0.4, 0.5) is 10.2 Å². The molecule has 1 aromatic carbocycles. The summed E-state index contributed by atoms with van der Waals surface area (Å²) in [6.45, 7) is 1.07. The Hall–Kier alpha value is -3.16. The van der Waals surface area contributed by atoms with Gasteiger partial charge in [0.25, 0.3) is 5.91 Å². The molecule has 1 atom stereocenters. The number of anilines is 1. The van der Waals surface area contributed by atoms with E-state index in [0.29, 0.717) is 30.1 Å². The third-order valence-corrected chi connectivity index (χ3v) is 6.81. The van der Waals surface area contributed by atoms with Crippen molar-refractivity contribution in [2.75, 3.05) is 25.1 Å². The Morgan fingerprint density at radius 2 is 2.13 bits per heavy atom. The van der Waals surface area contributed by atoms with Crippen molar-refractivity contribution in [3.05, 3.63) is 53.6 Å². The molecule has 2 bridgehead atoms. The predicted octanol–water partition coefficient (Wildman–Crippen LogP) is 2.99. The monoisotopic (exact) mass is 407 g/mol. The first-order chi connectivity index (χ1) is 14.6. The Labute approximate surface area is 173 Å². The predicted molar refractivity (Wildman–Crippen MR) is 108 cm³/mol. The van der Waals surface area contributed by atoms with E-state index in [0.717, 1.165) is 37.1 Å². The van der Waals surface area contributed by atoms with Crippen LogP contribution in [0.5, 0.6) is 5.75 Å². The third-order valence-electron chi connectivity index (χ3n) is 6.81. The van der Waals surface area contributed by atoms with E-state index < -0.39 is 0 Å². The number of halogens is 1. The summed E-state index contributed by atoms with van der Waals surface area (Å²) >= 11 is 0. The number of amides is 1. The fourth-order valence-corrected chi connectivity index (χ4v) is 4.93. The lowest BCUT2D eigenvalue weighted by Crippen LogP contribution is -2.39. The smallest absolute Gasteiger partial charge is 0.259 e. The van der Waals surface area contributed by atoms with Gasteiger partial charge in [-0.3, -0.25) is 4.79 Å². The molecule has 0 N–H and O–H groups in total. The van der Waals surface area contributed by atoms with Crippen molar-refractivity contribution in [1.29, 1.82) is 0 Å². The van der Waals surface area contributed by atoms with Gasteiger partial charge in [-0.1, -0.05) is 0 Å². The van der Waals surface area contributed by atoms with Gasteiger partial charge in [-0.2, -0.15) is 5.10 Å². The number of carbonyl (C=O) groups excluding carboxylic acids is 1. The first-order valence-corrected chi connectivity index (χ1v) is 10.4. The minimum absolute atomic E-state index is 0.0258. The molecule has 1 spiro atoms. The van der Waals surface area contributed by atoms with Crippen LogP contribution in [0.1, 0.15) is 41.6 Å². The van der Waals surface area contributed by atoms with E-state index >= 15 is 0 Å². The van der Waals surface area contributed by atoms with Crippen LogP contribution in [0.2, 0.25) is 0 Å². The molecule has 1 amide bonds. The molecule has 154 valence electrons. The molecule has 0 radical (unpaired) electrons. The molecular formula is C22H22FN5O2. The number of carbonyl (C=O) groups is 1. The summed E-state index contributed by atoms with van der Waals surface area (Å²) in [6, 6.07) is 6.59. The number of hydrogen-bond donors (Lipinski definition) is 0. The van der Waals surface area contributed by atoms with Gasteiger partial charge in [0.15, 0.2) is 5.65 Å². The minimum atomic E-state index is -0.365. The Kier molecular flexibility index (Phi) is 3.63. The number of hydrogen-bond acceptors (Lipinski definition) is 5. The molecule has 1 aliphatic carbocycles. The normalized spacial score (nSPS) is 22.3. The summed E-state index contributed by atoms with van der Waals surface area (Å²) < 4.78 is 22.1. The molecule has 4 heterocycles. The molecule has 30 heavy (non-hydrogen) atoms. The lowest BCUT2D eigenvalue weighted by atomic mass is 10.0. The standard InChI is InChI=1S/C22H22FN5O2/c1-26-19-6-10-28-20(25-19)16(12-24-28)21(29)27-9-2-3-15(27)13-30-18-5-4-14(23)11-17(18)22(26)7-8-22/h4-6,10-12,15H,2-3,7-9,13H2,1H3/t15-/m0/s1. The van der Waals surface area contributed by atoms with Crippen molar-refractivity contribution in [2.45, 2.75) is 37.3 Å². The fourth-order valence-electron chi connectivity index (χ4n) is 4.93. The zero-order valence-electron chi connectivity index (χ0n) is 16.7. The Bertz CT molecular complexity index is 1170. The maximum absolute atomic E-state index is 14.2. The van der Waals surface area contributed by atoms with Gasteiger partial charge in [-0.15, -0.1) is 0 Å². The highest BCUT2D eigenvalue weighted by Crippen LogP contribution is 2.54. The summed E-state index contributed by atoms with van der Waals surface area (Å²) in [7, 11) is 1.97. The number of benzene rings is 1. The van der Waals surface area contributed by atoms with Gasteiger partial charge >= 0.3 is 0 Å². The van der Waals surface area contributed by atoms with Crippen LogP contribution in [0.25, 0.3) is 5.65 Å². The Balaban J connectivity index is 1.56. The van der Waals surface area contributed by atoms with E-state index in [-0.39, 0.29) is 23.3 Å². The van der Waals surface area contributed by atoms with E-state index in [1.165, 1.54) is 6.07 Å². The number of rotatable bonds is 0. The highest BCUT2D eigenvalue weighted by molar-refractivity contribution is 6.00. The van der Waals surface area contributed by atoms with E-state index in [1.54, 1.807) is 22.8 Å². The quantitative estimate of drug-likeness (QED) is 0.573. The summed E-state index contributed by atoms with van der Waals surface area (Å²) in [5, 5.41) is 4.33. The average Bonchev–Trinajstić information content (AvgIpc) is 3.23. The van der Waals surface area contributed by atoms with Crippen LogP contribution in [0, 0.1) is 5.82 Å². The van der Waals surface area contributed by atoms with Crippen molar-refractivity contribution in [3.63, 3.8) is 0 Å². The van der Waals surface area contributed by atoms with Gasteiger partial charge in [0, 0.05) is 25.4 Å². The summed E-state index contributed by atoms with van der Waals surface area (Å²) in [4.78, 5) is 22.1. The van der Waals surface area contributed by atoms with E-state index in [2.05, 4.69) is 10.00 Å². The SMILES string of the molecule is CN1c2ccn3ncc(c3n2)C(=O)N2CCC[C@H]2COc2ccc(F)cc2C12CC2. The first-order valence-electron chi connectivity index (χ1n) is 10.4. The molecule has 2 aliphatic heterocycles. The third kappa shape index (κ3) is 2.45. The largest absolute Gasteiger partial charge is 0.491 e. The molecule has 2 aromatic heterocycles. The summed E-state index contributed by atoms with van der Waals surface area (Å²) in [5.41, 5.74) is 1.53. The van der Waals surface area contributed by atoms with Crippen molar-refractivity contribution >= 4 is 17.4 Å². The highest BCUT2D eigenvalue weighted by atomic mass is 19.1. The molecule has 1 saturated heterocycles. The zero-order chi connectivity index (χ0) is 20.5. The number of ether oxygens (including phenoxy) is 1. The molecule has 2 fully saturated rings. The van der Waals surface area contributed by atoms with Crippen LogP contribution in [0.3, 0.4) is 0 Å².